The van der Waals surface area contributed by atoms with E-state index in [1.807, 2.05) is 13.0 Å². The van der Waals surface area contributed by atoms with Crippen molar-refractivity contribution in [2.24, 2.45) is 0 Å². The Kier molecular flexibility index (Phi) is 5.10. The summed E-state index contributed by atoms with van der Waals surface area (Å²) in [5, 5.41) is 11.5. The van der Waals surface area contributed by atoms with Crippen molar-refractivity contribution in [3.8, 4) is 0 Å². The molecule has 1 fully saturated rings. The van der Waals surface area contributed by atoms with E-state index in [1.165, 1.54) is 0 Å². The number of carboxylic acids is 1. The smallest absolute Gasteiger partial charge is 0.321 e. The normalized spacial score (nSPS) is 15.8. The summed E-state index contributed by atoms with van der Waals surface area (Å²) in [6, 6.07) is 1.71. The van der Waals surface area contributed by atoms with Gasteiger partial charge < -0.3 is 15.3 Å². The monoisotopic (exact) mass is 292 g/mol. The SMILES string of the molecule is Cc1ccncc1NC(=O)N1CCN(CCC(=O)O)CC1. The van der Waals surface area contributed by atoms with Crippen LogP contribution in [0.2, 0.25) is 0 Å². The summed E-state index contributed by atoms with van der Waals surface area (Å²) in [5.74, 6) is -0.790. The number of nitrogens with one attached hydrogen (secondary N) is 1. The van der Waals surface area contributed by atoms with Crippen molar-refractivity contribution in [2.75, 3.05) is 38.0 Å². The third kappa shape index (κ3) is 4.42. The molecule has 0 radical (unpaired) electrons. The van der Waals surface area contributed by atoms with E-state index < -0.39 is 5.97 Å². The fourth-order valence-electron chi connectivity index (χ4n) is 2.22. The number of urea groups is 1. The summed E-state index contributed by atoms with van der Waals surface area (Å²) in [7, 11) is 0. The molecular formula is C14H20N4O3. The number of carbonyl (C=O) groups is 2. The minimum atomic E-state index is -0.790. The van der Waals surface area contributed by atoms with Crippen molar-refractivity contribution in [1.29, 1.82) is 0 Å². The van der Waals surface area contributed by atoms with Crippen LogP contribution in [0.25, 0.3) is 0 Å². The van der Waals surface area contributed by atoms with Gasteiger partial charge in [-0.1, -0.05) is 0 Å². The second-order valence-corrected chi connectivity index (χ2v) is 5.09. The van der Waals surface area contributed by atoms with Gasteiger partial charge in [0.05, 0.1) is 18.3 Å². The molecular weight excluding hydrogens is 272 g/mol. The van der Waals surface area contributed by atoms with E-state index in [-0.39, 0.29) is 12.5 Å². The number of hydrogen-bond acceptors (Lipinski definition) is 4. The second kappa shape index (κ2) is 7.03. The lowest BCUT2D eigenvalue weighted by Gasteiger charge is -2.34. The number of carbonyl (C=O) groups excluding carboxylic acids is 1. The van der Waals surface area contributed by atoms with Crippen LogP contribution in [0.1, 0.15) is 12.0 Å². The number of aliphatic carboxylic acids is 1. The van der Waals surface area contributed by atoms with Gasteiger partial charge in [-0.25, -0.2) is 4.79 Å². The minimum Gasteiger partial charge on any atom is -0.481 e. The van der Waals surface area contributed by atoms with Crippen LogP contribution in [0, 0.1) is 6.92 Å². The Hall–Kier alpha value is -2.15. The molecule has 1 aliphatic heterocycles. The lowest BCUT2D eigenvalue weighted by molar-refractivity contribution is -0.137. The van der Waals surface area contributed by atoms with E-state index in [1.54, 1.807) is 17.3 Å². The molecule has 0 saturated carbocycles. The molecule has 0 spiro atoms. The molecule has 1 aromatic heterocycles. The topological polar surface area (TPSA) is 85.8 Å². The van der Waals surface area contributed by atoms with Crippen LogP contribution in [0.4, 0.5) is 10.5 Å². The maximum absolute atomic E-state index is 12.2. The highest BCUT2D eigenvalue weighted by Crippen LogP contribution is 2.13. The summed E-state index contributed by atoms with van der Waals surface area (Å²) in [5.41, 5.74) is 1.69. The van der Waals surface area contributed by atoms with Crippen LogP contribution < -0.4 is 5.32 Å². The standard InChI is InChI=1S/C14H20N4O3/c1-11-2-4-15-10-12(11)16-14(21)18-8-6-17(7-9-18)5-3-13(19)20/h2,4,10H,3,5-9H2,1H3,(H,16,21)(H,19,20). The number of pyridine rings is 1. The number of anilines is 1. The molecule has 0 aromatic carbocycles. The molecule has 2 N–H and O–H groups in total. The largest absolute Gasteiger partial charge is 0.481 e. The third-order valence-corrected chi connectivity index (χ3v) is 3.58. The Balaban J connectivity index is 1.81. The van der Waals surface area contributed by atoms with Crippen LogP contribution in [0.3, 0.4) is 0 Å². The molecule has 0 atom stereocenters. The molecule has 7 heteroatoms. The molecule has 0 bridgehead atoms. The van der Waals surface area contributed by atoms with Crippen molar-refractivity contribution < 1.29 is 14.7 Å². The van der Waals surface area contributed by atoms with Gasteiger partial charge in [-0.2, -0.15) is 0 Å². The maximum Gasteiger partial charge on any atom is 0.321 e. The Labute approximate surface area is 123 Å². The highest BCUT2D eigenvalue weighted by atomic mass is 16.4. The zero-order chi connectivity index (χ0) is 15.2. The molecule has 2 amide bonds. The second-order valence-electron chi connectivity index (χ2n) is 5.09. The Bertz CT molecular complexity index is 513. The van der Waals surface area contributed by atoms with Gasteiger partial charge in [0.25, 0.3) is 0 Å². The summed E-state index contributed by atoms with van der Waals surface area (Å²) >= 11 is 0. The molecule has 114 valence electrons. The number of nitrogens with zero attached hydrogens (tertiary/aromatic N) is 3. The summed E-state index contributed by atoms with van der Waals surface area (Å²) in [4.78, 5) is 30.5. The van der Waals surface area contributed by atoms with Gasteiger partial charge in [-0.3, -0.25) is 14.7 Å². The number of carboxylic acid groups (broad SMARTS) is 1. The fourth-order valence-corrected chi connectivity index (χ4v) is 2.22. The molecule has 1 aliphatic rings. The number of rotatable bonds is 4. The van der Waals surface area contributed by atoms with Crippen LogP contribution in [-0.2, 0) is 4.79 Å². The van der Waals surface area contributed by atoms with E-state index >= 15 is 0 Å². The van der Waals surface area contributed by atoms with Crippen LogP contribution in [-0.4, -0.2) is 64.6 Å². The first-order valence-corrected chi connectivity index (χ1v) is 6.97. The number of piperazine rings is 1. The average Bonchev–Trinajstić information content (AvgIpc) is 2.48. The van der Waals surface area contributed by atoms with Gasteiger partial charge in [0.15, 0.2) is 0 Å². The Morgan fingerprint density at radius 3 is 2.67 bits per heavy atom. The van der Waals surface area contributed by atoms with Crippen molar-refractivity contribution in [3.63, 3.8) is 0 Å². The van der Waals surface area contributed by atoms with Gasteiger partial charge in [-0.05, 0) is 18.6 Å². The van der Waals surface area contributed by atoms with Gasteiger partial charge in [0, 0.05) is 38.9 Å². The lowest BCUT2D eigenvalue weighted by atomic mass is 10.2. The highest BCUT2D eigenvalue weighted by Gasteiger charge is 2.21. The molecule has 1 aromatic rings. The van der Waals surface area contributed by atoms with Crippen molar-refractivity contribution in [1.82, 2.24) is 14.8 Å². The zero-order valence-corrected chi connectivity index (χ0v) is 12.1. The lowest BCUT2D eigenvalue weighted by Crippen LogP contribution is -2.50. The number of hydrogen-bond donors (Lipinski definition) is 2. The zero-order valence-electron chi connectivity index (χ0n) is 12.1. The summed E-state index contributed by atoms with van der Waals surface area (Å²) in [6.07, 6.45) is 3.46. The molecule has 21 heavy (non-hydrogen) atoms. The molecule has 2 rings (SSSR count). The van der Waals surface area contributed by atoms with Crippen LogP contribution >= 0.6 is 0 Å². The molecule has 7 nitrogen and oxygen atoms in total. The van der Waals surface area contributed by atoms with Crippen LogP contribution in [0.15, 0.2) is 18.5 Å². The van der Waals surface area contributed by atoms with Gasteiger partial charge >= 0.3 is 12.0 Å². The summed E-state index contributed by atoms with van der Waals surface area (Å²) in [6.45, 7) is 5.06. The predicted octanol–water partition coefficient (Wildman–Crippen LogP) is 1.01. The van der Waals surface area contributed by atoms with E-state index in [2.05, 4.69) is 15.2 Å². The third-order valence-electron chi connectivity index (χ3n) is 3.58. The van der Waals surface area contributed by atoms with Gasteiger partial charge in [-0.15, -0.1) is 0 Å². The van der Waals surface area contributed by atoms with E-state index in [0.717, 1.165) is 11.3 Å². The first kappa shape index (κ1) is 15.2. The quantitative estimate of drug-likeness (QED) is 0.865. The van der Waals surface area contributed by atoms with Crippen molar-refractivity contribution >= 4 is 17.7 Å². The summed E-state index contributed by atoms with van der Waals surface area (Å²) < 4.78 is 0. The molecule has 0 unspecified atom stereocenters. The molecule has 2 heterocycles. The van der Waals surface area contributed by atoms with Gasteiger partial charge in [0.2, 0.25) is 0 Å². The number of aryl methyl sites for hydroxylation is 1. The number of amides is 2. The van der Waals surface area contributed by atoms with Gasteiger partial charge in [0.1, 0.15) is 0 Å². The minimum absolute atomic E-state index is 0.135. The maximum atomic E-state index is 12.2. The Morgan fingerprint density at radius 1 is 1.33 bits per heavy atom. The van der Waals surface area contributed by atoms with Crippen molar-refractivity contribution in [3.05, 3.63) is 24.0 Å². The van der Waals surface area contributed by atoms with E-state index in [9.17, 15) is 9.59 Å². The fraction of sp³-hybridized carbons (Fsp3) is 0.500. The Morgan fingerprint density at radius 2 is 2.05 bits per heavy atom. The molecule has 1 saturated heterocycles. The van der Waals surface area contributed by atoms with Crippen molar-refractivity contribution in [2.45, 2.75) is 13.3 Å². The first-order chi connectivity index (χ1) is 10.1. The average molecular weight is 292 g/mol. The predicted molar refractivity (Wildman–Crippen MR) is 78.3 cm³/mol. The first-order valence-electron chi connectivity index (χ1n) is 6.97. The molecule has 0 aliphatic carbocycles. The van der Waals surface area contributed by atoms with Crippen LogP contribution in [0.5, 0.6) is 0 Å². The number of aromatic nitrogens is 1. The highest BCUT2D eigenvalue weighted by molar-refractivity contribution is 5.90. The van der Waals surface area contributed by atoms with E-state index in [0.29, 0.717) is 32.7 Å². The van der Waals surface area contributed by atoms with E-state index in [4.69, 9.17) is 5.11 Å².